The topological polar surface area (TPSA) is 58.8 Å². The fourth-order valence-electron chi connectivity index (χ4n) is 3.49. The quantitative estimate of drug-likeness (QED) is 0.593. The largest absolute Gasteiger partial charge is 0.495 e. The van der Waals surface area contributed by atoms with E-state index in [1.807, 2.05) is 11.8 Å². The highest BCUT2D eigenvalue weighted by atomic mass is 35.5. The van der Waals surface area contributed by atoms with Crippen LogP contribution in [0.15, 0.2) is 42.5 Å². The molecule has 2 aromatic rings. The van der Waals surface area contributed by atoms with Gasteiger partial charge in [-0.2, -0.15) is 0 Å². The zero-order valence-corrected chi connectivity index (χ0v) is 17.3. The van der Waals surface area contributed by atoms with Gasteiger partial charge in [0.1, 0.15) is 11.6 Å². The predicted octanol–water partition coefficient (Wildman–Crippen LogP) is 3.82. The van der Waals surface area contributed by atoms with Crippen LogP contribution in [0.3, 0.4) is 0 Å². The minimum Gasteiger partial charge on any atom is -0.495 e. The number of nitrogen functional groups attached to an aromatic ring is 1. The van der Waals surface area contributed by atoms with Crippen molar-refractivity contribution in [2.24, 2.45) is 0 Å². The predicted molar refractivity (Wildman–Crippen MR) is 114 cm³/mol. The van der Waals surface area contributed by atoms with Crippen molar-refractivity contribution >= 4 is 29.3 Å². The molecule has 3 rings (SSSR count). The molecule has 0 aromatic heterocycles. The summed E-state index contributed by atoms with van der Waals surface area (Å²) in [5.74, 6) is 0.214. The van der Waals surface area contributed by atoms with E-state index < -0.39 is 0 Å². The monoisotopic (exact) mass is 417 g/mol. The lowest BCUT2D eigenvalue weighted by Gasteiger charge is -2.39. The Morgan fingerprint density at radius 1 is 1.31 bits per heavy atom. The van der Waals surface area contributed by atoms with Gasteiger partial charge in [-0.15, -0.1) is 0 Å². The highest BCUT2D eigenvalue weighted by Crippen LogP contribution is 2.30. The molecule has 29 heavy (non-hydrogen) atoms. The van der Waals surface area contributed by atoms with Crippen LogP contribution in [0.25, 0.3) is 6.08 Å². The van der Waals surface area contributed by atoms with Gasteiger partial charge in [0.15, 0.2) is 0 Å². The second-order valence-corrected chi connectivity index (χ2v) is 7.60. The van der Waals surface area contributed by atoms with Gasteiger partial charge in [0.25, 0.3) is 0 Å². The fraction of sp³-hybridized carbons (Fsp3) is 0.318. The molecular weight excluding hydrogens is 393 g/mol. The number of benzene rings is 2. The molecule has 0 aliphatic carbocycles. The first-order chi connectivity index (χ1) is 13.9. The molecule has 1 saturated heterocycles. The second-order valence-electron chi connectivity index (χ2n) is 7.19. The van der Waals surface area contributed by atoms with Gasteiger partial charge in [-0.25, -0.2) is 4.39 Å². The van der Waals surface area contributed by atoms with Crippen molar-refractivity contribution in [1.29, 1.82) is 0 Å². The third-order valence-corrected chi connectivity index (χ3v) is 5.37. The van der Waals surface area contributed by atoms with E-state index in [1.54, 1.807) is 30.3 Å². The Balaban J connectivity index is 1.61. The first-order valence-electron chi connectivity index (χ1n) is 9.46. The minimum absolute atomic E-state index is 0.0627. The van der Waals surface area contributed by atoms with Crippen molar-refractivity contribution in [3.63, 3.8) is 0 Å². The molecule has 2 aromatic carbocycles. The van der Waals surface area contributed by atoms with Gasteiger partial charge >= 0.3 is 0 Å². The zero-order valence-electron chi connectivity index (χ0n) is 16.6. The highest BCUT2D eigenvalue weighted by molar-refractivity contribution is 6.32. The van der Waals surface area contributed by atoms with E-state index in [2.05, 4.69) is 4.90 Å². The number of halogens is 2. The Hall–Kier alpha value is -2.57. The van der Waals surface area contributed by atoms with Crippen LogP contribution in [0.5, 0.6) is 5.75 Å². The number of hydrogen-bond donors (Lipinski definition) is 1. The molecule has 5 nitrogen and oxygen atoms in total. The van der Waals surface area contributed by atoms with Gasteiger partial charge < -0.3 is 15.4 Å². The van der Waals surface area contributed by atoms with Gasteiger partial charge in [-0.05, 0) is 42.8 Å². The number of carbonyl (C=O) groups excluding carboxylic acids is 1. The third-order valence-electron chi connectivity index (χ3n) is 5.08. The number of nitrogens with two attached hydrogens (primary N) is 1. The average Bonchev–Trinajstić information content (AvgIpc) is 2.69. The minimum atomic E-state index is -0.233. The van der Waals surface area contributed by atoms with Gasteiger partial charge in [-0.3, -0.25) is 9.69 Å². The first kappa shape index (κ1) is 21.1. The Labute approximate surface area is 175 Å². The SMILES string of the molecule is COc1cc(C=CC(=O)N2CCN(Cc3ccc(F)cc3)C[C@H]2C)c(N)cc1Cl. The molecule has 7 heteroatoms. The molecule has 0 spiro atoms. The summed E-state index contributed by atoms with van der Waals surface area (Å²) in [6.07, 6.45) is 3.22. The zero-order chi connectivity index (χ0) is 21.0. The maximum absolute atomic E-state index is 13.1. The van der Waals surface area contributed by atoms with Gasteiger partial charge in [0.05, 0.1) is 12.1 Å². The maximum atomic E-state index is 13.1. The van der Waals surface area contributed by atoms with E-state index in [1.165, 1.54) is 25.3 Å². The number of hydrogen-bond acceptors (Lipinski definition) is 4. The number of methoxy groups -OCH3 is 1. The molecular formula is C22H25ClFN3O2. The maximum Gasteiger partial charge on any atom is 0.246 e. The van der Waals surface area contributed by atoms with Crippen LogP contribution in [0.1, 0.15) is 18.1 Å². The van der Waals surface area contributed by atoms with E-state index in [0.29, 0.717) is 28.6 Å². The summed E-state index contributed by atoms with van der Waals surface area (Å²) >= 11 is 6.06. The number of amides is 1. The van der Waals surface area contributed by atoms with Gasteiger partial charge in [0.2, 0.25) is 5.91 Å². The molecule has 1 heterocycles. The normalized spacial score (nSPS) is 17.7. The summed E-state index contributed by atoms with van der Waals surface area (Å²) in [5, 5.41) is 0.430. The summed E-state index contributed by atoms with van der Waals surface area (Å²) in [6.45, 7) is 4.92. The second kappa shape index (κ2) is 9.29. The van der Waals surface area contributed by atoms with Crippen LogP contribution in [0.2, 0.25) is 5.02 Å². The van der Waals surface area contributed by atoms with Gasteiger partial charge in [-0.1, -0.05) is 23.7 Å². The third kappa shape index (κ3) is 5.28. The Bertz CT molecular complexity index is 902. The molecule has 154 valence electrons. The molecule has 1 aliphatic rings. The van der Waals surface area contributed by atoms with E-state index in [4.69, 9.17) is 22.1 Å². The lowest BCUT2D eigenvalue weighted by molar-refractivity contribution is -0.130. The molecule has 1 aliphatic heterocycles. The van der Waals surface area contributed by atoms with Crippen LogP contribution in [-0.4, -0.2) is 48.5 Å². The smallest absolute Gasteiger partial charge is 0.246 e. The molecule has 2 N–H and O–H groups in total. The van der Waals surface area contributed by atoms with E-state index in [-0.39, 0.29) is 17.8 Å². The summed E-state index contributed by atoms with van der Waals surface area (Å²) in [6, 6.07) is 9.93. The van der Waals surface area contributed by atoms with Crippen LogP contribution in [0, 0.1) is 5.82 Å². The van der Waals surface area contributed by atoms with Crippen LogP contribution >= 0.6 is 11.6 Å². The Kier molecular flexibility index (Phi) is 6.77. The lowest BCUT2D eigenvalue weighted by atomic mass is 10.1. The molecule has 1 amide bonds. The van der Waals surface area contributed by atoms with Crippen molar-refractivity contribution in [3.05, 3.63) is 64.4 Å². The summed E-state index contributed by atoms with van der Waals surface area (Å²) in [4.78, 5) is 16.8. The number of anilines is 1. The lowest BCUT2D eigenvalue weighted by Crippen LogP contribution is -2.53. The molecule has 1 fully saturated rings. The van der Waals surface area contributed by atoms with Crippen LogP contribution in [0.4, 0.5) is 10.1 Å². The number of piperazine rings is 1. The van der Waals surface area contributed by atoms with Crippen molar-refractivity contribution < 1.29 is 13.9 Å². The number of nitrogens with zero attached hydrogens (tertiary/aromatic N) is 2. The van der Waals surface area contributed by atoms with E-state index in [9.17, 15) is 9.18 Å². The van der Waals surface area contributed by atoms with Crippen molar-refractivity contribution in [3.8, 4) is 5.75 Å². The van der Waals surface area contributed by atoms with Crippen molar-refractivity contribution in [2.45, 2.75) is 19.5 Å². The average molecular weight is 418 g/mol. The van der Waals surface area contributed by atoms with E-state index >= 15 is 0 Å². The summed E-state index contributed by atoms with van der Waals surface area (Å²) < 4.78 is 18.3. The Morgan fingerprint density at radius 3 is 2.69 bits per heavy atom. The number of ether oxygens (including phenoxy) is 1. The van der Waals surface area contributed by atoms with E-state index in [0.717, 1.165) is 25.2 Å². The van der Waals surface area contributed by atoms with Crippen LogP contribution in [-0.2, 0) is 11.3 Å². The first-order valence-corrected chi connectivity index (χ1v) is 9.83. The van der Waals surface area contributed by atoms with Crippen molar-refractivity contribution in [2.75, 3.05) is 32.5 Å². The summed E-state index contributed by atoms with van der Waals surface area (Å²) in [7, 11) is 1.53. The summed E-state index contributed by atoms with van der Waals surface area (Å²) in [5.41, 5.74) is 8.22. The van der Waals surface area contributed by atoms with Crippen molar-refractivity contribution in [1.82, 2.24) is 9.80 Å². The Morgan fingerprint density at radius 2 is 2.03 bits per heavy atom. The highest BCUT2D eigenvalue weighted by Gasteiger charge is 2.26. The molecule has 0 bridgehead atoms. The standard InChI is InChI=1S/C22H25ClFN3O2/c1-15-13-26(14-16-3-6-18(24)7-4-16)9-10-27(15)22(28)8-5-17-11-21(29-2)19(23)12-20(17)25/h3-8,11-12,15H,9-10,13-14,25H2,1-2H3/t15-/m1/s1. The van der Waals surface area contributed by atoms with Crippen LogP contribution < -0.4 is 10.5 Å². The molecule has 0 unspecified atom stereocenters. The van der Waals surface area contributed by atoms with Gasteiger partial charge in [0, 0.05) is 49.5 Å². The molecule has 1 atom stereocenters. The number of rotatable bonds is 5. The molecule has 0 saturated carbocycles. The fourth-order valence-corrected chi connectivity index (χ4v) is 3.74. The molecule has 0 radical (unpaired) electrons. The number of carbonyl (C=O) groups is 1.